The van der Waals surface area contributed by atoms with Crippen LogP contribution in [0.4, 0.5) is 15.9 Å². The summed E-state index contributed by atoms with van der Waals surface area (Å²) in [5.41, 5.74) is 3.29. The number of hydrogen-bond acceptors (Lipinski definition) is 10. The second-order valence-electron chi connectivity index (χ2n) is 10.5. The van der Waals surface area contributed by atoms with E-state index in [1.165, 1.54) is 29.8 Å². The number of rotatable bonds is 13. The third kappa shape index (κ3) is 7.91. The lowest BCUT2D eigenvalue weighted by molar-refractivity contribution is 0.0609. The highest BCUT2D eigenvalue weighted by Gasteiger charge is 2.19. The molecule has 0 saturated heterocycles. The largest absolute Gasteiger partial charge is 0.487 e. The summed E-state index contributed by atoms with van der Waals surface area (Å²) in [6.07, 6.45) is 3.38. The van der Waals surface area contributed by atoms with Crippen LogP contribution in [-0.4, -0.2) is 40.7 Å². The van der Waals surface area contributed by atoms with E-state index in [2.05, 4.69) is 20.3 Å². The zero-order valence-electron chi connectivity index (χ0n) is 25.1. The number of anilines is 2. The van der Waals surface area contributed by atoms with Crippen molar-refractivity contribution in [2.45, 2.75) is 31.0 Å². The van der Waals surface area contributed by atoms with Gasteiger partial charge in [-0.1, -0.05) is 48.9 Å². The van der Waals surface area contributed by atoms with Crippen molar-refractivity contribution < 1.29 is 22.3 Å². The number of fused-ring (bicyclic) bond motifs is 1. The first-order valence-corrected chi connectivity index (χ1v) is 17.6. The molecule has 9 nitrogen and oxygen atoms in total. The average molecular weight is 690 g/mol. The molecular formula is C34H29ClFN5O4S2. The number of thiazole rings is 1. The Bertz CT molecular complexity index is 2120. The van der Waals surface area contributed by atoms with E-state index >= 15 is 0 Å². The van der Waals surface area contributed by atoms with Gasteiger partial charge in [-0.15, -0.1) is 11.3 Å². The van der Waals surface area contributed by atoms with Crippen molar-refractivity contribution in [3.05, 3.63) is 118 Å². The fraction of sp³-hybridized carbons (Fsp3) is 0.176. The van der Waals surface area contributed by atoms with Gasteiger partial charge in [-0.3, -0.25) is 4.98 Å². The topological polar surface area (TPSA) is 116 Å². The minimum absolute atomic E-state index is 0.0510. The summed E-state index contributed by atoms with van der Waals surface area (Å²) >= 11 is 7.94. The number of aromatic nitrogens is 4. The van der Waals surface area contributed by atoms with Crippen LogP contribution >= 0.6 is 22.9 Å². The highest BCUT2D eigenvalue weighted by atomic mass is 35.5. The van der Waals surface area contributed by atoms with Crippen molar-refractivity contribution in [2.75, 3.05) is 17.7 Å². The van der Waals surface area contributed by atoms with Crippen molar-refractivity contribution in [3.63, 3.8) is 0 Å². The predicted molar refractivity (Wildman–Crippen MR) is 181 cm³/mol. The molecule has 0 aliphatic rings. The van der Waals surface area contributed by atoms with E-state index in [4.69, 9.17) is 26.1 Å². The maximum Gasteiger partial charge on any atom is 0.180 e. The van der Waals surface area contributed by atoms with Gasteiger partial charge in [0.1, 0.15) is 41.4 Å². The van der Waals surface area contributed by atoms with Gasteiger partial charge in [0.05, 0.1) is 45.4 Å². The van der Waals surface area contributed by atoms with Gasteiger partial charge >= 0.3 is 0 Å². The summed E-state index contributed by atoms with van der Waals surface area (Å²) in [6.45, 7) is 2.20. The number of hydrogen-bond donors (Lipinski definition) is 1. The minimum Gasteiger partial charge on any atom is -0.487 e. The maximum absolute atomic E-state index is 13.5. The zero-order chi connectivity index (χ0) is 32.8. The van der Waals surface area contributed by atoms with Gasteiger partial charge in [0.2, 0.25) is 0 Å². The molecular weight excluding hydrogens is 661 g/mol. The molecule has 0 saturated carbocycles. The second kappa shape index (κ2) is 14.5. The van der Waals surface area contributed by atoms with Crippen molar-refractivity contribution in [3.8, 4) is 17.1 Å². The van der Waals surface area contributed by atoms with Gasteiger partial charge in [0, 0.05) is 16.5 Å². The molecule has 0 radical (unpaired) electrons. The molecule has 0 fully saturated rings. The van der Waals surface area contributed by atoms with Crippen LogP contribution < -0.4 is 10.1 Å². The number of benzene rings is 3. The van der Waals surface area contributed by atoms with Gasteiger partial charge in [-0.25, -0.2) is 27.8 Å². The Hall–Kier alpha value is -4.49. The molecule has 3 heterocycles. The van der Waals surface area contributed by atoms with Crippen LogP contribution in [0, 0.1) is 5.82 Å². The molecule has 0 amide bonds. The fourth-order valence-electron chi connectivity index (χ4n) is 4.78. The molecule has 0 aliphatic heterocycles. The molecule has 6 aromatic rings. The molecule has 0 aliphatic carbocycles. The lowest BCUT2D eigenvalue weighted by atomic mass is 10.2. The number of nitrogens with zero attached hydrogens (tertiary/aromatic N) is 4. The monoisotopic (exact) mass is 689 g/mol. The van der Waals surface area contributed by atoms with Crippen LogP contribution in [0.1, 0.15) is 30.0 Å². The molecule has 47 heavy (non-hydrogen) atoms. The van der Waals surface area contributed by atoms with E-state index < -0.39 is 9.84 Å². The standard InChI is InChI=1S/C34H29ClFN5O4S2/c1-2-31(44-13-14-47(42,43)25-9-4-3-5-10-25)34-41-30(20-46-34)28-17-26-29(18-37-28)38-21-39-33(26)40-24-11-12-32(27(35)16-24)45-19-22-7-6-8-23(36)15-22/h3-12,15-18,20-21,31H,2,13-14,19H2,1H3,(H,38,39,40). The second-order valence-corrected chi connectivity index (χ2v) is 13.9. The van der Waals surface area contributed by atoms with Gasteiger partial charge in [-0.2, -0.15) is 0 Å². The number of nitrogens with one attached hydrogen (secondary N) is 1. The average Bonchev–Trinajstić information content (AvgIpc) is 3.57. The number of ether oxygens (including phenoxy) is 2. The van der Waals surface area contributed by atoms with E-state index in [9.17, 15) is 12.8 Å². The van der Waals surface area contributed by atoms with Crippen LogP contribution in [0.25, 0.3) is 22.3 Å². The Morgan fingerprint density at radius 2 is 1.83 bits per heavy atom. The molecule has 1 unspecified atom stereocenters. The molecule has 3 aromatic heterocycles. The smallest absolute Gasteiger partial charge is 0.180 e. The normalized spacial score (nSPS) is 12.2. The molecule has 0 spiro atoms. The lowest BCUT2D eigenvalue weighted by Crippen LogP contribution is -2.14. The zero-order valence-corrected chi connectivity index (χ0v) is 27.5. The van der Waals surface area contributed by atoms with Crippen LogP contribution in [0.15, 0.2) is 102 Å². The van der Waals surface area contributed by atoms with Gasteiger partial charge in [0.15, 0.2) is 9.84 Å². The van der Waals surface area contributed by atoms with Crippen molar-refractivity contribution in [2.24, 2.45) is 0 Å². The fourth-order valence-corrected chi connectivity index (χ4v) is 7.08. The number of sulfone groups is 1. The van der Waals surface area contributed by atoms with Gasteiger partial charge in [-0.05, 0) is 60.5 Å². The summed E-state index contributed by atoms with van der Waals surface area (Å²) < 4.78 is 50.6. The van der Waals surface area contributed by atoms with E-state index in [1.807, 2.05) is 24.4 Å². The van der Waals surface area contributed by atoms with E-state index in [-0.39, 0.29) is 35.8 Å². The molecule has 0 bridgehead atoms. The van der Waals surface area contributed by atoms with E-state index in [0.717, 1.165) is 10.4 Å². The molecule has 1 N–H and O–H groups in total. The van der Waals surface area contributed by atoms with Crippen LogP contribution in [-0.2, 0) is 21.2 Å². The first-order valence-electron chi connectivity index (χ1n) is 14.7. The Labute approximate surface area is 280 Å². The summed E-state index contributed by atoms with van der Waals surface area (Å²) in [7, 11) is -3.45. The van der Waals surface area contributed by atoms with Crippen molar-refractivity contribution in [1.82, 2.24) is 19.9 Å². The van der Waals surface area contributed by atoms with E-state index in [0.29, 0.717) is 51.2 Å². The summed E-state index contributed by atoms with van der Waals surface area (Å²) in [5, 5.41) is 7.04. The van der Waals surface area contributed by atoms with Crippen LogP contribution in [0.2, 0.25) is 5.02 Å². The Balaban J connectivity index is 1.14. The summed E-state index contributed by atoms with van der Waals surface area (Å²) in [6, 6.07) is 21.7. The molecule has 3 aromatic carbocycles. The highest BCUT2D eigenvalue weighted by Crippen LogP contribution is 2.33. The third-order valence-electron chi connectivity index (χ3n) is 7.20. The molecule has 1 atom stereocenters. The highest BCUT2D eigenvalue weighted by molar-refractivity contribution is 7.91. The minimum atomic E-state index is -3.45. The Kier molecular flexibility index (Phi) is 10.0. The number of pyridine rings is 1. The Morgan fingerprint density at radius 1 is 0.979 bits per heavy atom. The molecule has 13 heteroatoms. The lowest BCUT2D eigenvalue weighted by Gasteiger charge is -2.14. The van der Waals surface area contributed by atoms with Gasteiger partial charge in [0.25, 0.3) is 0 Å². The quantitative estimate of drug-likeness (QED) is 0.128. The first kappa shape index (κ1) is 32.5. The van der Waals surface area contributed by atoms with E-state index in [1.54, 1.807) is 60.8 Å². The van der Waals surface area contributed by atoms with Crippen LogP contribution in [0.5, 0.6) is 5.75 Å². The molecule has 6 rings (SSSR count). The number of halogens is 2. The molecule has 240 valence electrons. The summed E-state index contributed by atoms with van der Waals surface area (Å²) in [5.74, 6) is 0.565. The first-order chi connectivity index (χ1) is 22.8. The maximum atomic E-state index is 13.5. The van der Waals surface area contributed by atoms with Crippen LogP contribution in [0.3, 0.4) is 0 Å². The van der Waals surface area contributed by atoms with Crippen molar-refractivity contribution in [1.29, 1.82) is 0 Å². The predicted octanol–water partition coefficient (Wildman–Crippen LogP) is 8.21. The van der Waals surface area contributed by atoms with Crippen molar-refractivity contribution >= 4 is 55.2 Å². The van der Waals surface area contributed by atoms with Gasteiger partial charge < -0.3 is 14.8 Å². The Morgan fingerprint density at radius 3 is 2.62 bits per heavy atom. The third-order valence-corrected chi connectivity index (χ3v) is 10.1. The SMILES string of the molecule is CCC(OCCS(=O)(=O)c1ccccc1)c1nc(-c2cc3c(Nc4ccc(OCc5cccc(F)c5)c(Cl)c4)ncnc3cn2)cs1. The summed E-state index contributed by atoms with van der Waals surface area (Å²) in [4.78, 5) is 18.4.